The number of hydrogen-bond donors (Lipinski definition) is 0. The predicted molar refractivity (Wildman–Crippen MR) is 244 cm³/mol. The second-order valence-electron chi connectivity index (χ2n) is 17.2. The summed E-state index contributed by atoms with van der Waals surface area (Å²) in [5.41, 5.74) is 17.7. The average molecular weight is 744 g/mol. The molecule has 0 fully saturated rings. The maximum atomic E-state index is 7.10. The maximum absolute atomic E-state index is 7.10. The summed E-state index contributed by atoms with van der Waals surface area (Å²) in [5.74, 6) is 0. The van der Waals surface area contributed by atoms with Crippen molar-refractivity contribution in [3.63, 3.8) is 0 Å². The molecule has 0 saturated carbocycles. The Hall–Kier alpha value is -6.90. The van der Waals surface area contributed by atoms with Crippen LogP contribution in [0.25, 0.3) is 76.9 Å². The summed E-state index contributed by atoms with van der Waals surface area (Å²) in [6.07, 6.45) is 0. The highest BCUT2D eigenvalue weighted by Crippen LogP contribution is 2.59. The van der Waals surface area contributed by atoms with E-state index in [1.165, 1.54) is 83.0 Å². The van der Waals surface area contributed by atoms with Crippen molar-refractivity contribution in [3.05, 3.63) is 198 Å². The van der Waals surface area contributed by atoms with Crippen LogP contribution in [0.15, 0.2) is 180 Å². The fraction of sp³-hybridized carbons (Fsp3) is 0.107. The van der Waals surface area contributed by atoms with Gasteiger partial charge in [-0.3, -0.25) is 0 Å². The molecule has 0 radical (unpaired) electrons. The summed E-state index contributed by atoms with van der Waals surface area (Å²) in [5, 5.41) is 7.15. The van der Waals surface area contributed by atoms with E-state index in [-0.39, 0.29) is 10.8 Å². The van der Waals surface area contributed by atoms with E-state index in [2.05, 4.69) is 209 Å². The fourth-order valence-corrected chi connectivity index (χ4v) is 10.8. The number of furan rings is 1. The van der Waals surface area contributed by atoms with Crippen LogP contribution in [-0.2, 0) is 10.8 Å². The Morgan fingerprint density at radius 2 is 1.00 bits per heavy atom. The largest absolute Gasteiger partial charge is 0.455 e. The van der Waals surface area contributed by atoms with Crippen LogP contribution in [-0.4, -0.2) is 0 Å². The second kappa shape index (κ2) is 11.8. The molecule has 0 bridgehead atoms. The quantitative estimate of drug-likeness (QED) is 0.167. The molecule has 1 aromatic heterocycles. The first-order chi connectivity index (χ1) is 28.3. The molecule has 0 unspecified atom stereocenters. The molecule has 0 saturated heterocycles. The number of hydrogen-bond acceptors (Lipinski definition) is 2. The van der Waals surface area contributed by atoms with E-state index in [0.29, 0.717) is 0 Å². The Balaban J connectivity index is 1.22. The lowest BCUT2D eigenvalue weighted by Crippen LogP contribution is -2.21. The molecule has 0 N–H and O–H groups in total. The van der Waals surface area contributed by atoms with Crippen LogP contribution in [0.5, 0.6) is 0 Å². The number of benzene rings is 9. The van der Waals surface area contributed by atoms with Crippen molar-refractivity contribution in [2.24, 2.45) is 0 Å². The third kappa shape index (κ3) is 4.38. The molecule has 10 aromatic rings. The Bertz CT molecular complexity index is 3360. The van der Waals surface area contributed by atoms with Crippen LogP contribution in [0.4, 0.5) is 17.1 Å². The Kier molecular flexibility index (Phi) is 6.78. The molecule has 58 heavy (non-hydrogen) atoms. The Morgan fingerprint density at radius 3 is 1.83 bits per heavy atom. The van der Waals surface area contributed by atoms with Gasteiger partial charge in [0.2, 0.25) is 0 Å². The first kappa shape index (κ1) is 33.3. The number of fused-ring (bicyclic) bond motifs is 12. The molecular formula is C56H41NO. The number of anilines is 3. The van der Waals surface area contributed by atoms with Crippen molar-refractivity contribution < 1.29 is 4.42 Å². The average Bonchev–Trinajstić information content (AvgIpc) is 3.85. The van der Waals surface area contributed by atoms with Crippen LogP contribution in [0, 0.1) is 0 Å². The smallest absolute Gasteiger partial charge is 0.145 e. The normalized spacial score (nSPS) is 14.5. The van der Waals surface area contributed by atoms with E-state index >= 15 is 0 Å². The van der Waals surface area contributed by atoms with E-state index in [9.17, 15) is 0 Å². The van der Waals surface area contributed by atoms with E-state index in [4.69, 9.17) is 4.42 Å². The lowest BCUT2D eigenvalue weighted by atomic mass is 9.81. The van der Waals surface area contributed by atoms with Gasteiger partial charge in [-0.1, -0.05) is 167 Å². The van der Waals surface area contributed by atoms with E-state index in [1.807, 2.05) is 0 Å². The minimum absolute atomic E-state index is 0.152. The minimum atomic E-state index is -0.239. The highest BCUT2D eigenvalue weighted by molar-refractivity contribution is 6.21. The zero-order valence-electron chi connectivity index (χ0n) is 33.1. The van der Waals surface area contributed by atoms with Crippen LogP contribution in [0.1, 0.15) is 49.9 Å². The van der Waals surface area contributed by atoms with Crippen molar-refractivity contribution in [2.45, 2.75) is 38.5 Å². The van der Waals surface area contributed by atoms with Gasteiger partial charge in [0, 0.05) is 27.3 Å². The van der Waals surface area contributed by atoms with Gasteiger partial charge >= 0.3 is 0 Å². The lowest BCUT2D eigenvalue weighted by molar-refractivity contribution is 0.659. The van der Waals surface area contributed by atoms with Crippen molar-refractivity contribution in [3.8, 4) is 33.4 Å². The maximum Gasteiger partial charge on any atom is 0.145 e. The summed E-state index contributed by atoms with van der Waals surface area (Å²) in [6, 6.07) is 64.9. The topological polar surface area (TPSA) is 16.4 Å². The zero-order valence-corrected chi connectivity index (χ0v) is 33.1. The SMILES string of the molecule is CC1(C)c2ccccc2-c2c(N(c3cccc4c3C(C)(C)c3ccccc3-4)c3ccc(-c4cc5ccccc5c5ccccc45)c4oc5ccccc5c34)cccc21. The van der Waals surface area contributed by atoms with Gasteiger partial charge in [-0.15, -0.1) is 0 Å². The van der Waals surface area contributed by atoms with Gasteiger partial charge in [-0.2, -0.15) is 0 Å². The van der Waals surface area contributed by atoms with Gasteiger partial charge in [0.1, 0.15) is 11.2 Å². The van der Waals surface area contributed by atoms with Gasteiger partial charge in [-0.05, 0) is 102 Å². The molecule has 12 rings (SSSR count). The van der Waals surface area contributed by atoms with Gasteiger partial charge < -0.3 is 9.32 Å². The molecule has 0 atom stereocenters. The number of rotatable bonds is 4. The lowest BCUT2D eigenvalue weighted by Gasteiger charge is -2.34. The highest BCUT2D eigenvalue weighted by atomic mass is 16.3. The minimum Gasteiger partial charge on any atom is -0.455 e. The van der Waals surface area contributed by atoms with Crippen molar-refractivity contribution in [1.82, 2.24) is 0 Å². The zero-order chi connectivity index (χ0) is 38.9. The molecule has 0 aliphatic heterocycles. The van der Waals surface area contributed by atoms with E-state index in [1.54, 1.807) is 0 Å². The van der Waals surface area contributed by atoms with Crippen LogP contribution < -0.4 is 4.90 Å². The molecule has 0 amide bonds. The molecule has 2 aliphatic rings. The van der Waals surface area contributed by atoms with Gasteiger partial charge in [0.05, 0.1) is 22.4 Å². The third-order valence-corrected chi connectivity index (χ3v) is 13.4. The standard InChI is InChI=1S/C56H41NO/c1-55(2)45-26-13-10-22-41(45)51-46(55)27-16-28-47(51)57(49-29-15-24-39-38-21-9-12-25-44(38)56(3,4)53(39)49)48-32-31-40(54-52(48)42-23-11-14-30-50(42)58-54)43-33-34-17-5-6-18-35(34)36-19-7-8-20-37(36)43/h5-33H,1-4H3. The molecule has 2 nitrogen and oxygen atoms in total. The fourth-order valence-electron chi connectivity index (χ4n) is 10.8. The molecule has 1 heterocycles. The Morgan fingerprint density at radius 1 is 0.397 bits per heavy atom. The third-order valence-electron chi connectivity index (χ3n) is 13.4. The Labute approximate surface area is 338 Å². The summed E-state index contributed by atoms with van der Waals surface area (Å²) >= 11 is 0. The monoisotopic (exact) mass is 743 g/mol. The molecule has 9 aromatic carbocycles. The van der Waals surface area contributed by atoms with Gasteiger partial charge in [0.25, 0.3) is 0 Å². The molecular weight excluding hydrogens is 703 g/mol. The molecule has 2 aliphatic carbocycles. The first-order valence-corrected chi connectivity index (χ1v) is 20.4. The number of para-hydroxylation sites is 1. The van der Waals surface area contributed by atoms with E-state index < -0.39 is 0 Å². The van der Waals surface area contributed by atoms with Crippen LogP contribution >= 0.6 is 0 Å². The molecule has 2 heteroatoms. The summed E-state index contributed by atoms with van der Waals surface area (Å²) in [6.45, 7) is 9.53. The molecule has 0 spiro atoms. The first-order valence-electron chi connectivity index (χ1n) is 20.4. The van der Waals surface area contributed by atoms with Crippen molar-refractivity contribution >= 4 is 60.5 Å². The van der Waals surface area contributed by atoms with Crippen molar-refractivity contribution in [2.75, 3.05) is 4.90 Å². The van der Waals surface area contributed by atoms with Gasteiger partial charge in [0.15, 0.2) is 0 Å². The summed E-state index contributed by atoms with van der Waals surface area (Å²) in [4.78, 5) is 2.58. The van der Waals surface area contributed by atoms with E-state index in [0.717, 1.165) is 33.2 Å². The number of nitrogens with zero attached hydrogens (tertiary/aromatic N) is 1. The van der Waals surface area contributed by atoms with Crippen molar-refractivity contribution in [1.29, 1.82) is 0 Å². The molecule has 276 valence electrons. The van der Waals surface area contributed by atoms with Crippen LogP contribution in [0.3, 0.4) is 0 Å². The van der Waals surface area contributed by atoms with Gasteiger partial charge in [-0.25, -0.2) is 0 Å². The second-order valence-corrected chi connectivity index (χ2v) is 17.2. The highest BCUT2D eigenvalue weighted by Gasteiger charge is 2.42. The summed E-state index contributed by atoms with van der Waals surface area (Å²) < 4.78 is 7.10. The summed E-state index contributed by atoms with van der Waals surface area (Å²) in [7, 11) is 0. The predicted octanol–water partition coefficient (Wildman–Crippen LogP) is 15.6. The van der Waals surface area contributed by atoms with Crippen LogP contribution in [0.2, 0.25) is 0 Å².